The Hall–Kier alpha value is -2.63. The maximum Gasteiger partial charge on any atom is 0.271 e. The van der Waals surface area contributed by atoms with E-state index in [4.69, 9.17) is 4.74 Å². The fourth-order valence-electron chi connectivity index (χ4n) is 1.62. The molecule has 2 aromatic carbocycles. The smallest absolute Gasteiger partial charge is 0.271 e. The fourth-order valence-corrected chi connectivity index (χ4v) is 1.62. The summed E-state index contributed by atoms with van der Waals surface area (Å²) in [6.45, 7) is 0.854. The van der Waals surface area contributed by atoms with E-state index < -0.39 is 4.92 Å². The number of nitro benzene ring substituents is 1. The van der Waals surface area contributed by atoms with E-state index in [1.165, 1.54) is 24.3 Å². The normalized spacial score (nSPS) is 10.1. The number of nitrogens with zero attached hydrogens (tertiary/aromatic N) is 1. The lowest BCUT2D eigenvalue weighted by atomic mass is 10.3. The highest BCUT2D eigenvalue weighted by Gasteiger charge is 2.04. The van der Waals surface area contributed by atoms with Gasteiger partial charge in [0.1, 0.15) is 18.2 Å². The molecule has 0 saturated carbocycles. The maximum atomic E-state index is 12.7. The van der Waals surface area contributed by atoms with Crippen LogP contribution in [0, 0.1) is 15.9 Å². The van der Waals surface area contributed by atoms with Crippen molar-refractivity contribution in [1.29, 1.82) is 0 Å². The Balaban J connectivity index is 1.79. The number of benzene rings is 2. The molecule has 0 heterocycles. The van der Waals surface area contributed by atoms with Crippen molar-refractivity contribution in [2.75, 3.05) is 18.5 Å². The van der Waals surface area contributed by atoms with Crippen LogP contribution in [0.1, 0.15) is 0 Å². The summed E-state index contributed by atoms with van der Waals surface area (Å²) in [6.07, 6.45) is 0. The number of anilines is 1. The molecular formula is C14H13FN2O3. The minimum absolute atomic E-state index is 0.0365. The van der Waals surface area contributed by atoms with Crippen LogP contribution in [0.3, 0.4) is 0 Å². The molecule has 0 amide bonds. The second-order valence-electron chi connectivity index (χ2n) is 4.04. The summed E-state index contributed by atoms with van der Waals surface area (Å²) in [7, 11) is 0. The van der Waals surface area contributed by atoms with Crippen LogP contribution in [0.15, 0.2) is 48.5 Å². The third-order valence-corrected chi connectivity index (χ3v) is 2.57. The van der Waals surface area contributed by atoms with Crippen LogP contribution in [0.4, 0.5) is 15.8 Å². The van der Waals surface area contributed by atoms with Crippen LogP contribution in [0.25, 0.3) is 0 Å². The summed E-state index contributed by atoms with van der Waals surface area (Å²) in [5.41, 5.74) is 0.691. The van der Waals surface area contributed by atoms with Crippen LogP contribution in [0.5, 0.6) is 5.75 Å². The van der Waals surface area contributed by atoms with Gasteiger partial charge in [-0.3, -0.25) is 10.1 Å². The Morgan fingerprint density at radius 1 is 1.20 bits per heavy atom. The van der Waals surface area contributed by atoms with Gasteiger partial charge in [-0.15, -0.1) is 0 Å². The summed E-state index contributed by atoms with van der Waals surface area (Å²) in [6, 6.07) is 12.0. The largest absolute Gasteiger partial charge is 0.492 e. The molecule has 0 radical (unpaired) electrons. The highest BCUT2D eigenvalue weighted by atomic mass is 19.1. The van der Waals surface area contributed by atoms with Crippen molar-refractivity contribution in [3.63, 3.8) is 0 Å². The molecular weight excluding hydrogens is 263 g/mol. The van der Waals surface area contributed by atoms with E-state index in [1.807, 2.05) is 0 Å². The summed E-state index contributed by atoms with van der Waals surface area (Å²) in [4.78, 5) is 10.2. The quantitative estimate of drug-likeness (QED) is 0.500. The van der Waals surface area contributed by atoms with Gasteiger partial charge in [0.05, 0.1) is 4.92 Å². The number of ether oxygens (including phenoxy) is 1. The van der Waals surface area contributed by atoms with Gasteiger partial charge in [-0.25, -0.2) is 4.39 Å². The molecule has 0 fully saturated rings. The SMILES string of the molecule is O=[N+]([O-])c1cccc(NCCOc2ccc(F)cc2)c1. The zero-order chi connectivity index (χ0) is 14.4. The molecule has 0 spiro atoms. The van der Waals surface area contributed by atoms with Crippen molar-refractivity contribution in [1.82, 2.24) is 0 Å². The number of halogens is 1. The lowest BCUT2D eigenvalue weighted by molar-refractivity contribution is -0.384. The van der Waals surface area contributed by atoms with E-state index in [0.29, 0.717) is 24.6 Å². The molecule has 0 saturated heterocycles. The Morgan fingerprint density at radius 3 is 2.65 bits per heavy atom. The first-order valence-corrected chi connectivity index (χ1v) is 6.02. The Kier molecular flexibility index (Phi) is 4.49. The maximum absolute atomic E-state index is 12.7. The predicted octanol–water partition coefficient (Wildman–Crippen LogP) is 3.22. The van der Waals surface area contributed by atoms with Crippen LogP contribution in [-0.4, -0.2) is 18.1 Å². The van der Waals surface area contributed by atoms with Crippen LogP contribution in [-0.2, 0) is 0 Å². The lowest BCUT2D eigenvalue weighted by Gasteiger charge is -2.08. The van der Waals surface area contributed by atoms with Crippen molar-refractivity contribution >= 4 is 11.4 Å². The topological polar surface area (TPSA) is 64.4 Å². The van der Waals surface area contributed by atoms with Crippen molar-refractivity contribution in [2.24, 2.45) is 0 Å². The molecule has 0 aliphatic rings. The average molecular weight is 276 g/mol. The first-order valence-electron chi connectivity index (χ1n) is 6.02. The van der Waals surface area contributed by atoms with E-state index in [-0.39, 0.29) is 11.5 Å². The number of rotatable bonds is 6. The molecule has 1 N–H and O–H groups in total. The Morgan fingerprint density at radius 2 is 1.95 bits per heavy atom. The van der Waals surface area contributed by atoms with E-state index in [1.54, 1.807) is 24.3 Å². The Labute approximate surface area is 115 Å². The number of nitro groups is 1. The van der Waals surface area contributed by atoms with Crippen molar-refractivity contribution in [3.05, 3.63) is 64.5 Å². The van der Waals surface area contributed by atoms with Gasteiger partial charge >= 0.3 is 0 Å². The monoisotopic (exact) mass is 276 g/mol. The van der Waals surface area contributed by atoms with Gasteiger partial charge in [-0.1, -0.05) is 6.07 Å². The third-order valence-electron chi connectivity index (χ3n) is 2.57. The van der Waals surface area contributed by atoms with Gasteiger partial charge in [0, 0.05) is 24.4 Å². The molecule has 104 valence electrons. The fraction of sp³-hybridized carbons (Fsp3) is 0.143. The molecule has 0 aliphatic heterocycles. The standard InChI is InChI=1S/C14H13FN2O3/c15-11-4-6-14(7-5-11)20-9-8-16-12-2-1-3-13(10-12)17(18)19/h1-7,10,16H,8-9H2. The molecule has 0 atom stereocenters. The molecule has 20 heavy (non-hydrogen) atoms. The van der Waals surface area contributed by atoms with Gasteiger partial charge in [-0.2, -0.15) is 0 Å². The second-order valence-corrected chi connectivity index (χ2v) is 4.04. The van der Waals surface area contributed by atoms with Crippen LogP contribution in [0.2, 0.25) is 0 Å². The summed E-state index contributed by atoms with van der Waals surface area (Å²) in [5, 5.41) is 13.6. The van der Waals surface area contributed by atoms with E-state index in [0.717, 1.165) is 0 Å². The highest BCUT2D eigenvalue weighted by molar-refractivity contribution is 5.50. The molecule has 6 heteroatoms. The third kappa shape index (κ3) is 3.94. The van der Waals surface area contributed by atoms with E-state index >= 15 is 0 Å². The number of hydrogen-bond acceptors (Lipinski definition) is 4. The van der Waals surface area contributed by atoms with Crippen molar-refractivity contribution in [2.45, 2.75) is 0 Å². The average Bonchev–Trinajstić information content (AvgIpc) is 2.46. The van der Waals surface area contributed by atoms with Gasteiger partial charge in [0.15, 0.2) is 0 Å². The zero-order valence-corrected chi connectivity index (χ0v) is 10.6. The first-order chi connectivity index (χ1) is 9.65. The molecule has 0 unspecified atom stereocenters. The van der Waals surface area contributed by atoms with Gasteiger partial charge in [-0.05, 0) is 30.3 Å². The number of nitrogens with one attached hydrogen (secondary N) is 1. The summed E-state index contributed by atoms with van der Waals surface area (Å²) in [5.74, 6) is 0.263. The van der Waals surface area contributed by atoms with E-state index in [9.17, 15) is 14.5 Å². The van der Waals surface area contributed by atoms with Crippen molar-refractivity contribution in [3.8, 4) is 5.75 Å². The minimum atomic E-state index is -0.444. The van der Waals surface area contributed by atoms with Crippen molar-refractivity contribution < 1.29 is 14.1 Å². The molecule has 0 bridgehead atoms. The highest BCUT2D eigenvalue weighted by Crippen LogP contribution is 2.16. The summed E-state index contributed by atoms with van der Waals surface area (Å²) < 4.78 is 18.1. The molecule has 2 rings (SSSR count). The number of non-ortho nitro benzene ring substituents is 1. The van der Waals surface area contributed by atoms with Crippen LogP contribution >= 0.6 is 0 Å². The lowest BCUT2D eigenvalue weighted by Crippen LogP contribution is -2.11. The zero-order valence-electron chi connectivity index (χ0n) is 10.6. The van der Waals surface area contributed by atoms with E-state index in [2.05, 4.69) is 5.32 Å². The molecule has 0 aliphatic carbocycles. The minimum Gasteiger partial charge on any atom is -0.492 e. The summed E-state index contributed by atoms with van der Waals surface area (Å²) >= 11 is 0. The number of hydrogen-bond donors (Lipinski definition) is 1. The van der Waals surface area contributed by atoms with Gasteiger partial charge < -0.3 is 10.1 Å². The molecule has 5 nitrogen and oxygen atoms in total. The molecule has 0 aromatic heterocycles. The first kappa shape index (κ1) is 13.8. The Bertz CT molecular complexity index is 587. The van der Waals surface area contributed by atoms with Gasteiger partial charge in [0.2, 0.25) is 0 Å². The molecule has 2 aromatic rings. The predicted molar refractivity (Wildman–Crippen MR) is 73.5 cm³/mol. The van der Waals surface area contributed by atoms with Crippen LogP contribution < -0.4 is 10.1 Å². The second kappa shape index (κ2) is 6.51. The van der Waals surface area contributed by atoms with Gasteiger partial charge in [0.25, 0.3) is 5.69 Å².